The van der Waals surface area contributed by atoms with Crippen molar-refractivity contribution in [3.63, 3.8) is 0 Å². The maximum absolute atomic E-state index is 12.3. The molecule has 1 aromatic carbocycles. The van der Waals surface area contributed by atoms with Gasteiger partial charge in [0, 0.05) is 11.6 Å². The van der Waals surface area contributed by atoms with E-state index in [2.05, 4.69) is 0 Å². The monoisotopic (exact) mass is 291 g/mol. The molecule has 2 rings (SSSR count). The molecule has 4 nitrogen and oxygen atoms in total. The predicted octanol–water partition coefficient (Wildman–Crippen LogP) is 3.53. The van der Waals surface area contributed by atoms with E-state index in [1.165, 1.54) is 4.90 Å². The van der Waals surface area contributed by atoms with Gasteiger partial charge in [-0.2, -0.15) is 0 Å². The molecule has 1 atom stereocenters. The minimum Gasteiger partial charge on any atom is -0.496 e. The Hall–Kier alpha value is -1.75. The number of carbonyl (C=O) groups excluding carboxylic acids is 2. The molecule has 0 N–H and O–H groups in total. The molecule has 0 spiro atoms. The number of imide groups is 1. The fourth-order valence-electron chi connectivity index (χ4n) is 1.97. The maximum Gasteiger partial charge on any atom is 0.293 e. The van der Waals surface area contributed by atoms with Gasteiger partial charge in [-0.15, -0.1) is 0 Å². The number of benzene rings is 1. The molecule has 0 radical (unpaired) electrons. The highest BCUT2D eigenvalue weighted by atomic mass is 32.2. The van der Waals surface area contributed by atoms with Crippen LogP contribution in [-0.4, -0.2) is 29.2 Å². The molecule has 0 aromatic heterocycles. The van der Waals surface area contributed by atoms with Crippen LogP contribution in [0.15, 0.2) is 29.2 Å². The van der Waals surface area contributed by atoms with Gasteiger partial charge in [0.05, 0.1) is 12.0 Å². The summed E-state index contributed by atoms with van der Waals surface area (Å²) in [6, 6.07) is 7.33. The van der Waals surface area contributed by atoms with E-state index in [0.29, 0.717) is 10.7 Å². The number of thioether (sulfide) groups is 1. The van der Waals surface area contributed by atoms with E-state index in [9.17, 15) is 9.59 Å². The van der Waals surface area contributed by atoms with Crippen LogP contribution in [0, 0.1) is 0 Å². The third-order valence-corrected chi connectivity index (χ3v) is 4.16. The summed E-state index contributed by atoms with van der Waals surface area (Å²) < 4.78 is 5.25. The number of nitrogens with zero attached hydrogens (tertiary/aromatic N) is 1. The van der Waals surface area contributed by atoms with Gasteiger partial charge in [0.2, 0.25) is 0 Å². The van der Waals surface area contributed by atoms with Crippen LogP contribution in [-0.2, 0) is 4.79 Å². The second-order valence-electron chi connectivity index (χ2n) is 4.55. The summed E-state index contributed by atoms with van der Waals surface area (Å²) in [5.41, 5.74) is 0.796. The summed E-state index contributed by atoms with van der Waals surface area (Å²) in [6.07, 6.45) is 2.46. The molecule has 0 unspecified atom stereocenters. The lowest BCUT2D eigenvalue weighted by Crippen LogP contribution is -2.36. The molecular weight excluding hydrogens is 274 g/mol. The smallest absolute Gasteiger partial charge is 0.293 e. The summed E-state index contributed by atoms with van der Waals surface area (Å²) in [6.45, 7) is 3.83. The fraction of sp³-hybridized carbons (Fsp3) is 0.333. The largest absolute Gasteiger partial charge is 0.496 e. The first-order chi connectivity index (χ1) is 9.58. The zero-order valence-electron chi connectivity index (χ0n) is 11.8. The lowest BCUT2D eigenvalue weighted by Gasteiger charge is -2.19. The fourth-order valence-corrected chi connectivity index (χ4v) is 2.89. The number of carbonyl (C=O) groups is 2. The molecule has 1 aliphatic heterocycles. The van der Waals surface area contributed by atoms with Crippen molar-refractivity contribution in [2.24, 2.45) is 0 Å². The van der Waals surface area contributed by atoms with Gasteiger partial charge < -0.3 is 4.74 Å². The van der Waals surface area contributed by atoms with Crippen LogP contribution in [0.3, 0.4) is 0 Å². The molecule has 0 aliphatic carbocycles. The Morgan fingerprint density at radius 3 is 2.70 bits per heavy atom. The van der Waals surface area contributed by atoms with Crippen LogP contribution >= 0.6 is 11.8 Å². The Morgan fingerprint density at radius 1 is 1.35 bits per heavy atom. The van der Waals surface area contributed by atoms with E-state index in [1.807, 2.05) is 38.1 Å². The summed E-state index contributed by atoms with van der Waals surface area (Å²) in [5, 5.41) is -0.203. The highest BCUT2D eigenvalue weighted by Crippen LogP contribution is 2.35. The van der Waals surface area contributed by atoms with E-state index >= 15 is 0 Å². The summed E-state index contributed by atoms with van der Waals surface area (Å²) in [4.78, 5) is 26.0. The minimum atomic E-state index is -0.222. The molecule has 0 saturated carbocycles. The number of rotatable bonds is 4. The van der Waals surface area contributed by atoms with Crippen LogP contribution in [0.5, 0.6) is 5.75 Å². The van der Waals surface area contributed by atoms with Gasteiger partial charge >= 0.3 is 0 Å². The molecule has 106 valence electrons. The molecule has 1 saturated heterocycles. The second-order valence-corrected chi connectivity index (χ2v) is 5.54. The number of hydrogen-bond donors (Lipinski definition) is 0. The van der Waals surface area contributed by atoms with Gasteiger partial charge in [-0.1, -0.05) is 25.1 Å². The van der Waals surface area contributed by atoms with Crippen molar-refractivity contribution >= 4 is 29.0 Å². The van der Waals surface area contributed by atoms with Crippen molar-refractivity contribution in [3.05, 3.63) is 34.7 Å². The number of ether oxygens (including phenoxy) is 1. The molecule has 1 fully saturated rings. The first kappa shape index (κ1) is 14.7. The van der Waals surface area contributed by atoms with Gasteiger partial charge in [-0.25, -0.2) is 0 Å². The van der Waals surface area contributed by atoms with Crippen molar-refractivity contribution in [2.45, 2.75) is 26.3 Å². The molecule has 2 amide bonds. The minimum absolute atomic E-state index is 0.0777. The Morgan fingerprint density at radius 2 is 2.05 bits per heavy atom. The average molecular weight is 291 g/mol. The number of para-hydroxylation sites is 1. The zero-order valence-corrected chi connectivity index (χ0v) is 12.6. The first-order valence-corrected chi connectivity index (χ1v) is 7.30. The molecule has 5 heteroatoms. The number of amides is 2. The highest BCUT2D eigenvalue weighted by Gasteiger charge is 2.37. The maximum atomic E-state index is 12.3. The third kappa shape index (κ3) is 2.72. The van der Waals surface area contributed by atoms with Gasteiger partial charge in [0.15, 0.2) is 0 Å². The zero-order chi connectivity index (χ0) is 14.7. The van der Waals surface area contributed by atoms with E-state index in [4.69, 9.17) is 4.74 Å². The van der Waals surface area contributed by atoms with Crippen molar-refractivity contribution < 1.29 is 14.3 Å². The molecule has 1 aliphatic rings. The Labute approximate surface area is 122 Å². The van der Waals surface area contributed by atoms with E-state index in [-0.39, 0.29) is 17.2 Å². The van der Waals surface area contributed by atoms with Gasteiger partial charge in [-0.3, -0.25) is 14.5 Å². The molecule has 1 heterocycles. The van der Waals surface area contributed by atoms with Crippen LogP contribution in [0.4, 0.5) is 4.79 Å². The van der Waals surface area contributed by atoms with Crippen molar-refractivity contribution in [1.82, 2.24) is 4.90 Å². The molecular formula is C15H17NO3S. The Balaban J connectivity index is 2.33. The summed E-state index contributed by atoms with van der Waals surface area (Å²) in [7, 11) is 1.58. The lowest BCUT2D eigenvalue weighted by atomic mass is 10.1. The predicted molar refractivity (Wildman–Crippen MR) is 80.6 cm³/mol. The van der Waals surface area contributed by atoms with Crippen LogP contribution in [0.2, 0.25) is 0 Å². The molecule has 0 bridgehead atoms. The average Bonchev–Trinajstić information content (AvgIpc) is 2.73. The molecule has 20 heavy (non-hydrogen) atoms. The van der Waals surface area contributed by atoms with Crippen molar-refractivity contribution in [2.75, 3.05) is 7.11 Å². The highest BCUT2D eigenvalue weighted by molar-refractivity contribution is 8.18. The SMILES string of the molecule is CC[C@H](C)N1C(=O)S/C(=C/c2ccccc2OC)C1=O. The Kier molecular flexibility index (Phi) is 4.49. The van der Waals surface area contributed by atoms with Gasteiger partial charge in [-0.05, 0) is 37.2 Å². The van der Waals surface area contributed by atoms with Gasteiger partial charge in [0.25, 0.3) is 11.1 Å². The quantitative estimate of drug-likeness (QED) is 0.796. The topological polar surface area (TPSA) is 46.6 Å². The second kappa shape index (κ2) is 6.13. The normalized spacial score (nSPS) is 18.8. The third-order valence-electron chi connectivity index (χ3n) is 3.28. The van der Waals surface area contributed by atoms with E-state index in [0.717, 1.165) is 23.7 Å². The number of methoxy groups -OCH3 is 1. The van der Waals surface area contributed by atoms with Gasteiger partial charge in [0.1, 0.15) is 5.75 Å². The number of hydrogen-bond acceptors (Lipinski definition) is 4. The van der Waals surface area contributed by atoms with E-state index < -0.39 is 0 Å². The van der Waals surface area contributed by atoms with Crippen LogP contribution < -0.4 is 4.74 Å². The Bertz CT molecular complexity index is 568. The van der Waals surface area contributed by atoms with Crippen molar-refractivity contribution in [3.8, 4) is 5.75 Å². The van der Waals surface area contributed by atoms with E-state index in [1.54, 1.807) is 13.2 Å². The lowest BCUT2D eigenvalue weighted by molar-refractivity contribution is -0.124. The van der Waals surface area contributed by atoms with Crippen LogP contribution in [0.25, 0.3) is 6.08 Å². The summed E-state index contributed by atoms with van der Waals surface area (Å²) >= 11 is 0.983. The van der Waals surface area contributed by atoms with Crippen molar-refractivity contribution in [1.29, 1.82) is 0 Å². The molecule has 1 aromatic rings. The standard InChI is InChI=1S/C15H17NO3S/c1-4-10(2)16-14(17)13(20-15(16)18)9-11-7-5-6-8-12(11)19-3/h5-10H,4H2,1-3H3/b13-9+/t10-/m0/s1. The first-order valence-electron chi connectivity index (χ1n) is 6.48. The summed E-state index contributed by atoms with van der Waals surface area (Å²) in [5.74, 6) is 0.461. The van der Waals surface area contributed by atoms with Crippen LogP contribution in [0.1, 0.15) is 25.8 Å².